The van der Waals surface area contributed by atoms with E-state index in [-0.39, 0.29) is 46.6 Å². The van der Waals surface area contributed by atoms with E-state index in [1.54, 1.807) is 6.92 Å². The number of fused-ring (bicyclic) bond motifs is 5. The fourth-order valence-electron chi connectivity index (χ4n) is 8.30. The second kappa shape index (κ2) is 7.27. The van der Waals surface area contributed by atoms with Gasteiger partial charge in [-0.25, -0.2) is 0 Å². The monoisotopic (exact) mass is 410 g/mol. The van der Waals surface area contributed by atoms with E-state index in [0.29, 0.717) is 23.7 Å². The number of hydrogen-bond donors (Lipinski definition) is 1. The maximum atomic E-state index is 12.4. The molecule has 28 heavy (non-hydrogen) atoms. The summed E-state index contributed by atoms with van der Waals surface area (Å²) in [7, 11) is 0. The summed E-state index contributed by atoms with van der Waals surface area (Å²) in [6.45, 7) is 6.38. The van der Waals surface area contributed by atoms with Crippen LogP contribution in [0.5, 0.6) is 0 Å². The molecule has 0 saturated heterocycles. The molecule has 0 spiro atoms. The average Bonchev–Trinajstić information content (AvgIpc) is 2.98. The molecule has 0 aromatic carbocycles. The highest BCUT2D eigenvalue weighted by molar-refractivity contribution is 6.26. The van der Waals surface area contributed by atoms with Crippen molar-refractivity contribution in [3.05, 3.63) is 0 Å². The first-order chi connectivity index (χ1) is 13.2. The minimum atomic E-state index is -0.341. The third-order valence-corrected chi connectivity index (χ3v) is 9.65. The van der Waals surface area contributed by atoms with Crippen molar-refractivity contribution >= 4 is 23.4 Å². The first-order valence-corrected chi connectivity index (χ1v) is 11.7. The number of alkyl halides is 1. The van der Waals surface area contributed by atoms with Gasteiger partial charge in [-0.1, -0.05) is 13.8 Å². The molecule has 4 rings (SSSR count). The molecule has 4 fully saturated rings. The van der Waals surface area contributed by atoms with Crippen LogP contribution < -0.4 is 0 Å². The van der Waals surface area contributed by atoms with Gasteiger partial charge in [0.15, 0.2) is 0 Å². The number of aliphatic hydroxyl groups excluding tert-OH is 1. The number of ketones is 1. The Morgan fingerprint density at radius 3 is 2.54 bits per heavy atom. The highest BCUT2D eigenvalue weighted by atomic mass is 35.5. The van der Waals surface area contributed by atoms with Gasteiger partial charge in [0.05, 0.1) is 6.10 Å². The van der Waals surface area contributed by atoms with Crippen LogP contribution in [0.3, 0.4) is 0 Å². The Morgan fingerprint density at radius 2 is 1.86 bits per heavy atom. The molecule has 0 aliphatic heterocycles. The van der Waals surface area contributed by atoms with Crippen molar-refractivity contribution in [3.63, 3.8) is 0 Å². The Labute approximate surface area is 173 Å². The van der Waals surface area contributed by atoms with Crippen LogP contribution >= 0.6 is 11.6 Å². The smallest absolute Gasteiger partial charge is 0.321 e. The summed E-state index contributed by atoms with van der Waals surface area (Å²) in [6, 6.07) is 0. The van der Waals surface area contributed by atoms with Crippen LogP contribution in [-0.4, -0.2) is 34.9 Å². The normalized spacial score (nSPS) is 50.2. The second-order valence-electron chi connectivity index (χ2n) is 10.6. The highest BCUT2D eigenvalue weighted by Gasteiger charge is 2.64. The van der Waals surface area contributed by atoms with E-state index in [0.717, 1.165) is 51.4 Å². The maximum Gasteiger partial charge on any atom is 0.321 e. The van der Waals surface area contributed by atoms with E-state index in [4.69, 9.17) is 16.3 Å². The number of rotatable bonds is 3. The van der Waals surface area contributed by atoms with Crippen molar-refractivity contribution in [1.29, 1.82) is 0 Å². The van der Waals surface area contributed by atoms with Crippen LogP contribution in [0.1, 0.15) is 72.1 Å². The Balaban J connectivity index is 1.72. The largest absolute Gasteiger partial charge is 0.461 e. The number of hydrogen-bond acceptors (Lipinski definition) is 4. The lowest BCUT2D eigenvalue weighted by atomic mass is 9.43. The van der Waals surface area contributed by atoms with Crippen LogP contribution in [0.2, 0.25) is 0 Å². The fourth-order valence-corrected chi connectivity index (χ4v) is 8.36. The van der Waals surface area contributed by atoms with Crippen LogP contribution in [-0.2, 0) is 14.3 Å². The van der Waals surface area contributed by atoms with E-state index in [1.807, 2.05) is 0 Å². The van der Waals surface area contributed by atoms with Crippen molar-refractivity contribution in [3.8, 4) is 0 Å². The molecule has 0 heterocycles. The maximum absolute atomic E-state index is 12.4. The molecular weight excluding hydrogens is 376 g/mol. The van der Waals surface area contributed by atoms with Gasteiger partial charge in [-0.15, -0.1) is 11.6 Å². The minimum absolute atomic E-state index is 0.0781. The number of esters is 1. The molecule has 0 radical (unpaired) electrons. The lowest BCUT2D eigenvalue weighted by Crippen LogP contribution is -2.60. The van der Waals surface area contributed by atoms with Crippen LogP contribution in [0, 0.1) is 40.4 Å². The summed E-state index contributed by atoms with van der Waals surface area (Å²) in [6.07, 6.45) is 7.46. The van der Waals surface area contributed by atoms with Gasteiger partial charge in [-0.3, -0.25) is 9.59 Å². The van der Waals surface area contributed by atoms with Gasteiger partial charge in [0, 0.05) is 11.8 Å². The fraction of sp³-hybridized carbons (Fsp3) is 0.913. The molecule has 4 nitrogen and oxygen atoms in total. The number of carbonyl (C=O) groups excluding carboxylic acids is 2. The van der Waals surface area contributed by atoms with E-state index in [2.05, 4.69) is 13.8 Å². The molecule has 0 amide bonds. The Morgan fingerprint density at radius 1 is 1.11 bits per heavy atom. The van der Waals surface area contributed by atoms with Crippen LogP contribution in [0.15, 0.2) is 0 Å². The zero-order chi connectivity index (χ0) is 20.3. The molecule has 1 N–H and O–H groups in total. The third-order valence-electron chi connectivity index (χ3n) is 9.43. The van der Waals surface area contributed by atoms with E-state index >= 15 is 0 Å². The van der Waals surface area contributed by atoms with Gasteiger partial charge in [0.25, 0.3) is 0 Å². The number of Topliss-reactive ketones (excluding diaryl/α,β-unsaturated/α-hetero) is 1. The predicted octanol–water partition coefficient (Wildman–Crippen LogP) is 4.36. The van der Waals surface area contributed by atoms with Crippen molar-refractivity contribution in [2.24, 2.45) is 40.4 Å². The highest BCUT2D eigenvalue weighted by Crippen LogP contribution is 2.68. The van der Waals surface area contributed by atoms with E-state index < -0.39 is 0 Å². The molecule has 5 heteroatoms. The summed E-state index contributed by atoms with van der Waals surface area (Å²) < 4.78 is 6.01. The van der Waals surface area contributed by atoms with Gasteiger partial charge in [-0.2, -0.15) is 0 Å². The lowest BCUT2D eigenvalue weighted by Gasteiger charge is -2.62. The molecule has 3 unspecified atom stereocenters. The summed E-state index contributed by atoms with van der Waals surface area (Å²) >= 11 is 5.80. The number of carbonyl (C=O) groups is 2. The number of ether oxygens (including phenoxy) is 1. The molecule has 0 aromatic rings. The van der Waals surface area contributed by atoms with Gasteiger partial charge in [0.2, 0.25) is 0 Å². The molecule has 4 saturated carbocycles. The minimum Gasteiger partial charge on any atom is -0.461 e. The molecule has 0 bridgehead atoms. The predicted molar refractivity (Wildman–Crippen MR) is 108 cm³/mol. The van der Waals surface area contributed by atoms with Gasteiger partial charge < -0.3 is 9.84 Å². The first kappa shape index (κ1) is 20.7. The topological polar surface area (TPSA) is 63.6 Å². The van der Waals surface area contributed by atoms with Crippen molar-refractivity contribution in [2.45, 2.75) is 84.3 Å². The standard InChI is InChI=1S/C23H35ClO4/c1-13(25)17-6-7-18-16-5-4-14-10-15(26)8-9-22(14,2)21(16)19(11-23(17,18)3)28-20(27)12-24/h14-19,21,26H,4-12H2,1-3H3/t14?,15?,16-,17+,18-,19?,21+,22-,23+/m0/s1. The Bertz CT molecular complexity index is 651. The zero-order valence-corrected chi connectivity index (χ0v) is 18.2. The molecule has 9 atom stereocenters. The third kappa shape index (κ3) is 3.05. The van der Waals surface area contributed by atoms with Gasteiger partial charge >= 0.3 is 5.97 Å². The average molecular weight is 411 g/mol. The SMILES string of the molecule is CC(=O)[C@H]1CC[C@H]2[C@@H]3CCC4CC(O)CC[C@]4(C)[C@H]3C(OC(=O)CCl)C[C@]12C. The number of aliphatic hydroxyl groups is 1. The Hall–Kier alpha value is -0.610. The summed E-state index contributed by atoms with van der Waals surface area (Å²) in [5.41, 5.74) is 0.0106. The lowest BCUT2D eigenvalue weighted by molar-refractivity contribution is -0.197. The van der Waals surface area contributed by atoms with Gasteiger partial charge in [0.1, 0.15) is 17.8 Å². The number of halogens is 1. The van der Waals surface area contributed by atoms with Crippen LogP contribution in [0.25, 0.3) is 0 Å². The second-order valence-corrected chi connectivity index (χ2v) is 10.9. The van der Waals surface area contributed by atoms with Crippen molar-refractivity contribution < 1.29 is 19.4 Å². The summed E-state index contributed by atoms with van der Waals surface area (Å²) in [5, 5.41) is 10.3. The van der Waals surface area contributed by atoms with Crippen LogP contribution in [0.4, 0.5) is 0 Å². The van der Waals surface area contributed by atoms with Crippen molar-refractivity contribution in [2.75, 3.05) is 5.88 Å². The molecule has 0 aromatic heterocycles. The van der Waals surface area contributed by atoms with E-state index in [9.17, 15) is 14.7 Å². The molecular formula is C23H35ClO4. The molecule has 158 valence electrons. The zero-order valence-electron chi connectivity index (χ0n) is 17.5. The quantitative estimate of drug-likeness (QED) is 0.554. The van der Waals surface area contributed by atoms with Crippen molar-refractivity contribution in [1.82, 2.24) is 0 Å². The summed E-state index contributed by atoms with van der Waals surface area (Å²) in [5.74, 6) is 1.73. The molecule has 4 aliphatic carbocycles. The summed E-state index contributed by atoms with van der Waals surface area (Å²) in [4.78, 5) is 24.6. The Kier molecular flexibility index (Phi) is 5.36. The molecule has 4 aliphatic rings. The first-order valence-electron chi connectivity index (χ1n) is 11.1. The van der Waals surface area contributed by atoms with E-state index in [1.165, 1.54) is 0 Å². The van der Waals surface area contributed by atoms with Gasteiger partial charge in [-0.05, 0) is 86.9 Å².